The van der Waals surface area contributed by atoms with Crippen LogP contribution in [-0.2, 0) is 13.0 Å². The SMILES string of the molecule is Cc1ncsc1CN(C)c1cc(Br)ccc1CC(C)N. The first kappa shape index (κ1) is 15.5. The molecule has 0 saturated carbocycles. The molecule has 1 unspecified atom stereocenters. The zero-order valence-corrected chi connectivity index (χ0v) is 14.5. The number of nitrogens with zero attached hydrogens (tertiary/aromatic N) is 2. The van der Waals surface area contributed by atoms with Crippen molar-refractivity contribution in [2.75, 3.05) is 11.9 Å². The molecule has 0 radical (unpaired) electrons. The standard InChI is InChI=1S/C15H20BrN3S/c1-10(17)6-12-4-5-13(16)7-14(12)19(3)8-15-11(2)18-9-20-15/h4-5,7,9-10H,6,8,17H2,1-3H3. The minimum Gasteiger partial charge on any atom is -0.369 e. The maximum Gasteiger partial charge on any atom is 0.0798 e. The number of hydrogen-bond donors (Lipinski definition) is 1. The van der Waals surface area contributed by atoms with Crippen molar-refractivity contribution in [3.8, 4) is 0 Å². The quantitative estimate of drug-likeness (QED) is 0.889. The second kappa shape index (κ2) is 6.70. The van der Waals surface area contributed by atoms with E-state index in [1.54, 1.807) is 11.3 Å². The largest absolute Gasteiger partial charge is 0.369 e. The molecule has 0 aliphatic heterocycles. The van der Waals surface area contributed by atoms with E-state index in [0.717, 1.165) is 23.1 Å². The van der Waals surface area contributed by atoms with Crippen LogP contribution in [0.1, 0.15) is 23.1 Å². The van der Waals surface area contributed by atoms with Crippen molar-refractivity contribution in [3.05, 3.63) is 44.3 Å². The average Bonchev–Trinajstić information content (AvgIpc) is 2.76. The summed E-state index contributed by atoms with van der Waals surface area (Å²) in [6, 6.07) is 6.55. The van der Waals surface area contributed by atoms with Crippen molar-refractivity contribution < 1.29 is 0 Å². The number of aryl methyl sites for hydroxylation is 1. The molecule has 0 bridgehead atoms. The number of hydrogen-bond acceptors (Lipinski definition) is 4. The average molecular weight is 354 g/mol. The van der Waals surface area contributed by atoms with E-state index < -0.39 is 0 Å². The Labute approximate surface area is 133 Å². The maximum absolute atomic E-state index is 5.95. The number of anilines is 1. The molecule has 0 amide bonds. The summed E-state index contributed by atoms with van der Waals surface area (Å²) in [6.07, 6.45) is 0.884. The van der Waals surface area contributed by atoms with Crippen molar-refractivity contribution >= 4 is 33.0 Å². The van der Waals surface area contributed by atoms with Crippen LogP contribution >= 0.6 is 27.3 Å². The van der Waals surface area contributed by atoms with Crippen LogP contribution in [0, 0.1) is 6.92 Å². The minimum absolute atomic E-state index is 0.161. The highest BCUT2D eigenvalue weighted by atomic mass is 79.9. The van der Waals surface area contributed by atoms with Gasteiger partial charge >= 0.3 is 0 Å². The van der Waals surface area contributed by atoms with Gasteiger partial charge in [0.1, 0.15) is 0 Å². The lowest BCUT2D eigenvalue weighted by Crippen LogP contribution is -2.22. The molecule has 1 aromatic heterocycles. The van der Waals surface area contributed by atoms with Crippen molar-refractivity contribution in [2.45, 2.75) is 32.9 Å². The van der Waals surface area contributed by atoms with Gasteiger partial charge < -0.3 is 10.6 Å². The first-order valence-corrected chi connectivity index (χ1v) is 8.28. The van der Waals surface area contributed by atoms with Gasteiger partial charge in [0.05, 0.1) is 17.7 Å². The van der Waals surface area contributed by atoms with Crippen molar-refractivity contribution in [1.82, 2.24) is 4.98 Å². The third-order valence-electron chi connectivity index (χ3n) is 3.23. The number of halogens is 1. The maximum atomic E-state index is 5.95. The van der Waals surface area contributed by atoms with Crippen LogP contribution < -0.4 is 10.6 Å². The fourth-order valence-electron chi connectivity index (χ4n) is 2.19. The smallest absolute Gasteiger partial charge is 0.0798 e. The summed E-state index contributed by atoms with van der Waals surface area (Å²) in [4.78, 5) is 7.89. The first-order valence-electron chi connectivity index (χ1n) is 6.61. The second-order valence-corrected chi connectivity index (χ2v) is 7.03. The van der Waals surface area contributed by atoms with E-state index in [1.807, 2.05) is 12.4 Å². The highest BCUT2D eigenvalue weighted by Gasteiger charge is 2.12. The molecule has 2 aromatic rings. The van der Waals surface area contributed by atoms with Crippen LogP contribution in [0.3, 0.4) is 0 Å². The van der Waals surface area contributed by atoms with Crippen LogP contribution in [0.25, 0.3) is 0 Å². The Hall–Kier alpha value is -0.910. The molecule has 1 atom stereocenters. The van der Waals surface area contributed by atoms with Gasteiger partial charge in [0, 0.05) is 28.1 Å². The number of rotatable bonds is 5. The first-order chi connectivity index (χ1) is 9.47. The Kier molecular flexibility index (Phi) is 5.18. The molecular formula is C15H20BrN3S. The molecule has 0 spiro atoms. The Morgan fingerprint density at radius 2 is 2.20 bits per heavy atom. The number of nitrogens with two attached hydrogens (primary N) is 1. The summed E-state index contributed by atoms with van der Waals surface area (Å²) in [5.41, 5.74) is 11.5. The molecule has 0 aliphatic carbocycles. The molecule has 1 aromatic carbocycles. The number of benzene rings is 1. The predicted octanol–water partition coefficient (Wildman–Crippen LogP) is 3.74. The van der Waals surface area contributed by atoms with Crippen LogP contribution in [0.5, 0.6) is 0 Å². The zero-order valence-electron chi connectivity index (χ0n) is 12.1. The normalized spacial score (nSPS) is 12.4. The third-order valence-corrected chi connectivity index (χ3v) is 4.64. The highest BCUT2D eigenvalue weighted by molar-refractivity contribution is 9.10. The fourth-order valence-corrected chi connectivity index (χ4v) is 3.37. The lowest BCUT2D eigenvalue weighted by atomic mass is 10.0. The summed E-state index contributed by atoms with van der Waals surface area (Å²) in [7, 11) is 2.12. The third kappa shape index (κ3) is 3.81. The summed E-state index contributed by atoms with van der Waals surface area (Å²) in [6.45, 7) is 4.97. The van der Waals surface area contributed by atoms with Gasteiger partial charge in [0.25, 0.3) is 0 Å². The van der Waals surface area contributed by atoms with E-state index in [-0.39, 0.29) is 6.04 Å². The van der Waals surface area contributed by atoms with Crippen LogP contribution in [0.15, 0.2) is 28.2 Å². The van der Waals surface area contributed by atoms with Crippen LogP contribution in [0.4, 0.5) is 5.69 Å². The van der Waals surface area contributed by atoms with Gasteiger partial charge in [-0.2, -0.15) is 0 Å². The lowest BCUT2D eigenvalue weighted by molar-refractivity contribution is 0.734. The number of aromatic nitrogens is 1. The Morgan fingerprint density at radius 1 is 1.45 bits per heavy atom. The molecule has 20 heavy (non-hydrogen) atoms. The summed E-state index contributed by atoms with van der Waals surface area (Å²) in [5.74, 6) is 0. The van der Waals surface area contributed by atoms with E-state index in [1.165, 1.54) is 16.1 Å². The van der Waals surface area contributed by atoms with E-state index in [9.17, 15) is 0 Å². The van der Waals surface area contributed by atoms with Gasteiger partial charge in [-0.05, 0) is 38.0 Å². The summed E-state index contributed by atoms with van der Waals surface area (Å²) >= 11 is 5.26. The molecule has 2 rings (SSSR count). The Balaban J connectivity index is 2.25. The van der Waals surface area contributed by atoms with Crippen molar-refractivity contribution in [2.24, 2.45) is 5.73 Å². The van der Waals surface area contributed by atoms with E-state index in [0.29, 0.717) is 0 Å². The van der Waals surface area contributed by atoms with Crippen molar-refractivity contribution in [3.63, 3.8) is 0 Å². The molecule has 0 saturated heterocycles. The fraction of sp³-hybridized carbons (Fsp3) is 0.400. The monoisotopic (exact) mass is 353 g/mol. The highest BCUT2D eigenvalue weighted by Crippen LogP contribution is 2.27. The van der Waals surface area contributed by atoms with Gasteiger partial charge in [0.15, 0.2) is 0 Å². The van der Waals surface area contributed by atoms with Crippen LogP contribution in [0.2, 0.25) is 0 Å². The molecular weight excluding hydrogens is 334 g/mol. The van der Waals surface area contributed by atoms with Gasteiger partial charge in [-0.3, -0.25) is 0 Å². The van der Waals surface area contributed by atoms with E-state index in [4.69, 9.17) is 5.73 Å². The molecule has 2 N–H and O–H groups in total. The molecule has 1 heterocycles. The minimum atomic E-state index is 0.161. The van der Waals surface area contributed by atoms with Gasteiger partial charge in [-0.25, -0.2) is 4.98 Å². The molecule has 5 heteroatoms. The predicted molar refractivity (Wildman–Crippen MR) is 90.5 cm³/mol. The molecule has 0 aliphatic rings. The van der Waals surface area contributed by atoms with E-state index in [2.05, 4.69) is 58.0 Å². The molecule has 0 fully saturated rings. The molecule has 3 nitrogen and oxygen atoms in total. The second-order valence-electron chi connectivity index (χ2n) is 5.17. The summed E-state index contributed by atoms with van der Waals surface area (Å²) in [5, 5.41) is 0. The Morgan fingerprint density at radius 3 is 2.80 bits per heavy atom. The topological polar surface area (TPSA) is 42.2 Å². The number of thiazole rings is 1. The molecule has 108 valence electrons. The Bertz CT molecular complexity index is 580. The van der Waals surface area contributed by atoms with Gasteiger partial charge in [-0.1, -0.05) is 22.0 Å². The van der Waals surface area contributed by atoms with Crippen LogP contribution in [-0.4, -0.2) is 18.1 Å². The van der Waals surface area contributed by atoms with E-state index >= 15 is 0 Å². The summed E-state index contributed by atoms with van der Waals surface area (Å²) < 4.78 is 1.09. The van der Waals surface area contributed by atoms with Gasteiger partial charge in [0.2, 0.25) is 0 Å². The van der Waals surface area contributed by atoms with Gasteiger partial charge in [-0.15, -0.1) is 11.3 Å². The van der Waals surface area contributed by atoms with Crippen molar-refractivity contribution in [1.29, 1.82) is 0 Å². The lowest BCUT2D eigenvalue weighted by Gasteiger charge is -2.23. The zero-order chi connectivity index (χ0) is 14.7.